The van der Waals surface area contributed by atoms with E-state index in [1.54, 1.807) is 6.07 Å². The molecule has 1 fully saturated rings. The van der Waals surface area contributed by atoms with E-state index in [0.29, 0.717) is 10.7 Å². The van der Waals surface area contributed by atoms with E-state index in [9.17, 15) is 4.79 Å². The number of carbonyl (C=O) groups excluding carboxylic acids is 1. The van der Waals surface area contributed by atoms with Gasteiger partial charge in [0.25, 0.3) is 0 Å². The Labute approximate surface area is 132 Å². The highest BCUT2D eigenvalue weighted by molar-refractivity contribution is 6.33. The van der Waals surface area contributed by atoms with Crippen LogP contribution in [0.15, 0.2) is 24.3 Å². The molecule has 0 bridgehead atoms. The largest absolute Gasteiger partial charge is 0.323 e. The minimum Gasteiger partial charge on any atom is -0.323 e. The smallest absolute Gasteiger partial charge is 0.321 e. The topological polar surface area (TPSA) is 35.6 Å². The molecule has 0 radical (unpaired) electrons. The van der Waals surface area contributed by atoms with Gasteiger partial charge in [0.1, 0.15) is 0 Å². The van der Waals surface area contributed by atoms with Crippen molar-refractivity contribution in [3.05, 3.63) is 29.3 Å². The Morgan fingerprint density at radius 2 is 1.86 bits per heavy atom. The Morgan fingerprint density at radius 1 is 1.14 bits per heavy atom. The minimum absolute atomic E-state index is 0.0705. The fourth-order valence-corrected chi connectivity index (χ4v) is 2.73. The maximum atomic E-state index is 12.4. The molecule has 4 nitrogen and oxygen atoms in total. The summed E-state index contributed by atoms with van der Waals surface area (Å²) in [5.41, 5.74) is 0.816. The molecule has 2 rings (SSSR count). The second-order valence-electron chi connectivity index (χ2n) is 6.41. The summed E-state index contributed by atoms with van der Waals surface area (Å²) in [5.74, 6) is 0. The second-order valence-corrected chi connectivity index (χ2v) is 6.82. The Bertz CT molecular complexity index is 499. The van der Waals surface area contributed by atoms with Crippen molar-refractivity contribution >= 4 is 23.3 Å². The molecule has 5 heteroatoms. The van der Waals surface area contributed by atoms with Crippen molar-refractivity contribution in [1.82, 2.24) is 9.80 Å². The van der Waals surface area contributed by atoms with Gasteiger partial charge in [0.2, 0.25) is 0 Å². The van der Waals surface area contributed by atoms with Crippen LogP contribution in [0.3, 0.4) is 0 Å². The average molecular weight is 310 g/mol. The summed E-state index contributed by atoms with van der Waals surface area (Å²) in [4.78, 5) is 16.7. The van der Waals surface area contributed by atoms with Crippen molar-refractivity contribution < 1.29 is 4.79 Å². The van der Waals surface area contributed by atoms with E-state index in [2.05, 4.69) is 31.0 Å². The number of halogens is 1. The van der Waals surface area contributed by atoms with Crippen LogP contribution in [0.25, 0.3) is 0 Å². The molecule has 0 aromatic heterocycles. The molecule has 0 saturated carbocycles. The molecule has 0 unspecified atom stereocenters. The lowest BCUT2D eigenvalue weighted by atomic mass is 10.1. The fraction of sp³-hybridized carbons (Fsp3) is 0.562. The van der Waals surface area contributed by atoms with E-state index in [1.165, 1.54) is 0 Å². The molecule has 1 saturated heterocycles. The van der Waals surface area contributed by atoms with E-state index in [4.69, 9.17) is 11.6 Å². The minimum atomic E-state index is -0.0705. The van der Waals surface area contributed by atoms with Crippen LogP contribution in [-0.2, 0) is 0 Å². The first-order chi connectivity index (χ1) is 9.88. The number of hydrogen-bond acceptors (Lipinski definition) is 2. The fourth-order valence-electron chi connectivity index (χ4n) is 2.55. The maximum Gasteiger partial charge on any atom is 0.321 e. The lowest BCUT2D eigenvalue weighted by molar-refractivity contribution is 0.142. The number of urea groups is 1. The number of carbonyl (C=O) groups is 1. The van der Waals surface area contributed by atoms with Gasteiger partial charge in [-0.25, -0.2) is 4.79 Å². The number of hydrogen-bond donors (Lipinski definition) is 1. The van der Waals surface area contributed by atoms with Crippen molar-refractivity contribution in [1.29, 1.82) is 0 Å². The van der Waals surface area contributed by atoms with Crippen LogP contribution in [-0.4, -0.2) is 47.5 Å². The van der Waals surface area contributed by atoms with Crippen LogP contribution in [0, 0.1) is 0 Å². The number of nitrogens with zero attached hydrogens (tertiary/aromatic N) is 2. The van der Waals surface area contributed by atoms with Gasteiger partial charge in [-0.05, 0) is 39.3 Å². The van der Waals surface area contributed by atoms with Gasteiger partial charge in [-0.3, -0.25) is 4.90 Å². The first-order valence-electron chi connectivity index (χ1n) is 7.43. The second kappa shape index (κ2) is 6.67. The molecule has 1 aromatic carbocycles. The lowest BCUT2D eigenvalue weighted by Gasteiger charge is -2.34. The Morgan fingerprint density at radius 3 is 2.52 bits per heavy atom. The summed E-state index contributed by atoms with van der Waals surface area (Å²) < 4.78 is 0. The molecule has 1 aliphatic rings. The highest BCUT2D eigenvalue weighted by atomic mass is 35.5. The SMILES string of the molecule is CC(C)(C)N1CCCN(C(=O)Nc2ccccc2Cl)CC1. The summed E-state index contributed by atoms with van der Waals surface area (Å²) in [6.45, 7) is 10.1. The average Bonchev–Trinajstić information content (AvgIpc) is 2.66. The van der Waals surface area contributed by atoms with Gasteiger partial charge in [0.05, 0.1) is 10.7 Å². The summed E-state index contributed by atoms with van der Waals surface area (Å²) in [6.07, 6.45) is 0.993. The Kier molecular flexibility index (Phi) is 5.12. The van der Waals surface area contributed by atoms with Crippen LogP contribution in [0.1, 0.15) is 27.2 Å². The molecule has 1 aliphatic heterocycles. The predicted octanol–water partition coefficient (Wildman–Crippen LogP) is 3.68. The van der Waals surface area contributed by atoms with Gasteiger partial charge in [-0.2, -0.15) is 0 Å². The standard InChI is InChI=1S/C16H24ClN3O/c1-16(2,3)20-10-6-9-19(11-12-20)15(21)18-14-8-5-4-7-13(14)17/h4-5,7-8H,6,9-12H2,1-3H3,(H,18,21). The van der Waals surface area contributed by atoms with Crippen LogP contribution >= 0.6 is 11.6 Å². The van der Waals surface area contributed by atoms with Crippen LogP contribution in [0.4, 0.5) is 10.5 Å². The third kappa shape index (κ3) is 4.35. The molecule has 21 heavy (non-hydrogen) atoms. The van der Waals surface area contributed by atoms with E-state index < -0.39 is 0 Å². The van der Waals surface area contributed by atoms with Crippen molar-refractivity contribution in [2.45, 2.75) is 32.7 Å². The number of amides is 2. The zero-order valence-electron chi connectivity index (χ0n) is 13.0. The van der Waals surface area contributed by atoms with E-state index in [1.807, 2.05) is 23.1 Å². The molecular weight excluding hydrogens is 286 g/mol. The Hall–Kier alpha value is -1.26. The van der Waals surface area contributed by atoms with Gasteiger partial charge >= 0.3 is 6.03 Å². The Balaban J connectivity index is 1.96. The summed E-state index contributed by atoms with van der Waals surface area (Å²) in [7, 11) is 0. The normalized spacial score (nSPS) is 17.4. The van der Waals surface area contributed by atoms with Crippen molar-refractivity contribution in [3.63, 3.8) is 0 Å². The number of nitrogens with one attached hydrogen (secondary N) is 1. The first kappa shape index (κ1) is 16.1. The van der Waals surface area contributed by atoms with Crippen molar-refractivity contribution in [2.24, 2.45) is 0 Å². The quantitative estimate of drug-likeness (QED) is 0.859. The van der Waals surface area contributed by atoms with E-state index in [-0.39, 0.29) is 11.6 Å². The van der Waals surface area contributed by atoms with E-state index in [0.717, 1.165) is 32.6 Å². The number of para-hydroxylation sites is 1. The molecule has 0 atom stereocenters. The van der Waals surface area contributed by atoms with E-state index >= 15 is 0 Å². The van der Waals surface area contributed by atoms with Gasteiger partial charge in [0.15, 0.2) is 0 Å². The van der Waals surface area contributed by atoms with Crippen molar-refractivity contribution in [3.8, 4) is 0 Å². The molecule has 2 amide bonds. The van der Waals surface area contributed by atoms with Crippen LogP contribution in [0.5, 0.6) is 0 Å². The first-order valence-corrected chi connectivity index (χ1v) is 7.81. The highest BCUT2D eigenvalue weighted by Gasteiger charge is 2.25. The van der Waals surface area contributed by atoms with Gasteiger partial charge < -0.3 is 10.2 Å². The summed E-state index contributed by atoms with van der Waals surface area (Å²) >= 11 is 6.08. The third-order valence-electron chi connectivity index (χ3n) is 3.85. The molecule has 1 heterocycles. The zero-order chi connectivity index (χ0) is 15.5. The molecular formula is C16H24ClN3O. The number of rotatable bonds is 1. The maximum absolute atomic E-state index is 12.4. The van der Waals surface area contributed by atoms with Gasteiger partial charge in [-0.15, -0.1) is 0 Å². The van der Waals surface area contributed by atoms with Crippen LogP contribution in [0.2, 0.25) is 5.02 Å². The molecule has 1 aromatic rings. The van der Waals surface area contributed by atoms with Gasteiger partial charge in [-0.1, -0.05) is 23.7 Å². The highest BCUT2D eigenvalue weighted by Crippen LogP contribution is 2.21. The summed E-state index contributed by atoms with van der Waals surface area (Å²) in [6, 6.07) is 7.25. The molecule has 1 N–H and O–H groups in total. The molecule has 0 spiro atoms. The van der Waals surface area contributed by atoms with Crippen LogP contribution < -0.4 is 5.32 Å². The van der Waals surface area contributed by atoms with Gasteiger partial charge in [0, 0.05) is 31.7 Å². The lowest BCUT2D eigenvalue weighted by Crippen LogP contribution is -2.44. The number of anilines is 1. The third-order valence-corrected chi connectivity index (χ3v) is 4.18. The monoisotopic (exact) mass is 309 g/mol. The predicted molar refractivity (Wildman–Crippen MR) is 88.0 cm³/mol. The molecule has 0 aliphatic carbocycles. The number of benzene rings is 1. The zero-order valence-corrected chi connectivity index (χ0v) is 13.8. The van der Waals surface area contributed by atoms with Crippen molar-refractivity contribution in [2.75, 3.05) is 31.5 Å². The summed E-state index contributed by atoms with van der Waals surface area (Å²) in [5, 5.41) is 3.46. The molecule has 116 valence electrons.